The molecule has 8 heteroatoms. The quantitative estimate of drug-likeness (QED) is 0.703. The van der Waals surface area contributed by atoms with Crippen LogP contribution in [-0.4, -0.2) is 50.0 Å². The molecule has 1 aromatic heterocycles. The van der Waals surface area contributed by atoms with E-state index in [-0.39, 0.29) is 11.9 Å². The second-order valence-corrected chi connectivity index (χ2v) is 5.34. The Morgan fingerprint density at radius 2 is 2.25 bits per heavy atom. The van der Waals surface area contributed by atoms with Crippen molar-refractivity contribution in [2.75, 3.05) is 32.6 Å². The summed E-state index contributed by atoms with van der Waals surface area (Å²) in [5, 5.41) is 8.04. The van der Waals surface area contributed by atoms with Crippen molar-refractivity contribution in [1.82, 2.24) is 15.2 Å². The van der Waals surface area contributed by atoms with Gasteiger partial charge in [0.2, 0.25) is 0 Å². The molecule has 24 heavy (non-hydrogen) atoms. The largest absolute Gasteiger partial charge is 0.383 e. The number of hydrogen-bond donors (Lipinski definition) is 3. The first-order valence-corrected chi connectivity index (χ1v) is 7.79. The van der Waals surface area contributed by atoms with E-state index in [4.69, 9.17) is 4.74 Å². The van der Waals surface area contributed by atoms with Crippen molar-refractivity contribution in [2.45, 2.75) is 19.4 Å². The smallest absolute Gasteiger partial charge is 0.319 e. The van der Waals surface area contributed by atoms with Crippen molar-refractivity contribution < 1.29 is 14.3 Å². The number of nitrogens with one attached hydrogen (secondary N) is 3. The Kier molecular flexibility index (Phi) is 6.56. The van der Waals surface area contributed by atoms with Crippen LogP contribution in [0.5, 0.6) is 0 Å². The molecule has 0 radical (unpaired) electrons. The zero-order valence-corrected chi connectivity index (χ0v) is 14.0. The summed E-state index contributed by atoms with van der Waals surface area (Å²) < 4.78 is 6.83. The number of aromatic nitrogens is 1. The van der Waals surface area contributed by atoms with Gasteiger partial charge in [0.25, 0.3) is 5.91 Å². The van der Waals surface area contributed by atoms with Crippen LogP contribution in [0, 0.1) is 0 Å². The van der Waals surface area contributed by atoms with Crippen molar-refractivity contribution in [2.24, 2.45) is 4.99 Å². The number of carbonyl (C=O) groups is 2. The number of rotatable bonds is 7. The van der Waals surface area contributed by atoms with Gasteiger partial charge in [0.15, 0.2) is 0 Å². The minimum atomic E-state index is -0.337. The number of anilines is 1. The molecule has 3 N–H and O–H groups in total. The van der Waals surface area contributed by atoms with Crippen LogP contribution in [0.4, 0.5) is 10.5 Å². The summed E-state index contributed by atoms with van der Waals surface area (Å²) in [6.45, 7) is 1.44. The third kappa shape index (κ3) is 4.95. The molecule has 0 aromatic carbocycles. The molecule has 0 atom stereocenters. The number of methoxy groups -OCH3 is 1. The molecule has 8 nitrogen and oxygen atoms in total. The van der Waals surface area contributed by atoms with Crippen LogP contribution in [0.2, 0.25) is 0 Å². The SMILES string of the molecule is CNC(=O)Nc1cc(C(=O)NCC2=CN=CCC2)n(CCOC)c1. The van der Waals surface area contributed by atoms with Crippen molar-refractivity contribution >= 4 is 23.8 Å². The molecule has 130 valence electrons. The van der Waals surface area contributed by atoms with Gasteiger partial charge in [-0.25, -0.2) is 4.79 Å². The fraction of sp³-hybridized carbons (Fsp3) is 0.438. The molecular weight excluding hydrogens is 310 g/mol. The van der Waals surface area contributed by atoms with Crippen molar-refractivity contribution in [3.63, 3.8) is 0 Å². The summed E-state index contributed by atoms with van der Waals surface area (Å²) in [5.74, 6) is -0.202. The lowest BCUT2D eigenvalue weighted by molar-refractivity contribution is 0.0944. The molecule has 0 unspecified atom stereocenters. The summed E-state index contributed by atoms with van der Waals surface area (Å²) in [7, 11) is 3.13. The first-order chi connectivity index (χ1) is 11.6. The number of amides is 3. The molecule has 0 saturated heterocycles. The Bertz CT molecular complexity index is 648. The third-order valence-corrected chi connectivity index (χ3v) is 3.58. The van der Waals surface area contributed by atoms with Crippen molar-refractivity contribution in [1.29, 1.82) is 0 Å². The minimum absolute atomic E-state index is 0.202. The van der Waals surface area contributed by atoms with Gasteiger partial charge in [-0.3, -0.25) is 9.79 Å². The van der Waals surface area contributed by atoms with E-state index in [1.54, 1.807) is 30.1 Å². The standard InChI is InChI=1S/C16H23N5O3/c1-17-16(23)20-13-8-14(21(11-13)6-7-24-2)15(22)19-10-12-4-3-5-18-9-12/h5,8-9,11H,3-4,6-7,10H2,1-2H3,(H,19,22)(H2,17,20,23). The number of aliphatic imine (C=N–C) groups is 1. The van der Waals surface area contributed by atoms with E-state index in [1.165, 1.54) is 7.05 Å². The molecule has 0 aliphatic carbocycles. The van der Waals surface area contributed by atoms with Crippen LogP contribution in [0.3, 0.4) is 0 Å². The number of carbonyl (C=O) groups excluding carboxylic acids is 2. The van der Waals surface area contributed by atoms with E-state index >= 15 is 0 Å². The first kappa shape index (κ1) is 17.7. The van der Waals surface area contributed by atoms with Crippen LogP contribution < -0.4 is 16.0 Å². The highest BCUT2D eigenvalue weighted by atomic mass is 16.5. The molecule has 1 aliphatic heterocycles. The first-order valence-electron chi connectivity index (χ1n) is 7.79. The van der Waals surface area contributed by atoms with Gasteiger partial charge in [0, 0.05) is 45.9 Å². The maximum Gasteiger partial charge on any atom is 0.319 e. The van der Waals surface area contributed by atoms with E-state index in [0.717, 1.165) is 18.4 Å². The molecule has 2 heterocycles. The minimum Gasteiger partial charge on any atom is -0.383 e. The lowest BCUT2D eigenvalue weighted by atomic mass is 10.1. The van der Waals surface area contributed by atoms with Crippen molar-refractivity contribution in [3.05, 3.63) is 29.7 Å². The second-order valence-electron chi connectivity index (χ2n) is 5.34. The highest BCUT2D eigenvalue weighted by molar-refractivity contribution is 5.96. The summed E-state index contributed by atoms with van der Waals surface area (Å²) in [4.78, 5) is 28.0. The second kappa shape index (κ2) is 8.88. The van der Waals surface area contributed by atoms with Gasteiger partial charge in [-0.15, -0.1) is 0 Å². The molecular formula is C16H23N5O3. The number of urea groups is 1. The highest BCUT2D eigenvalue weighted by Gasteiger charge is 2.15. The van der Waals surface area contributed by atoms with E-state index in [2.05, 4.69) is 20.9 Å². The van der Waals surface area contributed by atoms with Gasteiger partial charge in [-0.05, 0) is 24.5 Å². The molecule has 2 rings (SSSR count). The normalized spacial score (nSPS) is 13.3. The third-order valence-electron chi connectivity index (χ3n) is 3.58. The van der Waals surface area contributed by atoms with E-state index in [9.17, 15) is 9.59 Å². The summed E-state index contributed by atoms with van der Waals surface area (Å²) >= 11 is 0. The average Bonchev–Trinajstić information content (AvgIpc) is 3.01. The highest BCUT2D eigenvalue weighted by Crippen LogP contribution is 2.15. The maximum atomic E-state index is 12.5. The molecule has 3 amide bonds. The van der Waals surface area contributed by atoms with E-state index < -0.39 is 0 Å². The van der Waals surface area contributed by atoms with E-state index in [0.29, 0.717) is 31.1 Å². The lowest BCUT2D eigenvalue weighted by Gasteiger charge is -2.11. The van der Waals surface area contributed by atoms with Gasteiger partial charge in [0.05, 0.1) is 12.3 Å². The molecule has 0 saturated carbocycles. The summed E-state index contributed by atoms with van der Waals surface area (Å²) in [5.41, 5.74) is 2.11. The summed E-state index contributed by atoms with van der Waals surface area (Å²) in [6.07, 6.45) is 7.15. The lowest BCUT2D eigenvalue weighted by Crippen LogP contribution is -2.28. The summed E-state index contributed by atoms with van der Waals surface area (Å²) in [6, 6.07) is 1.31. The van der Waals surface area contributed by atoms with Crippen LogP contribution in [0.25, 0.3) is 0 Å². The molecule has 0 spiro atoms. The Labute approximate surface area is 141 Å². The number of nitrogens with zero attached hydrogens (tertiary/aromatic N) is 2. The Balaban J connectivity index is 2.06. The topological polar surface area (TPSA) is 96.8 Å². The number of hydrogen-bond acceptors (Lipinski definition) is 4. The molecule has 1 aromatic rings. The zero-order chi connectivity index (χ0) is 17.4. The average molecular weight is 333 g/mol. The van der Waals surface area contributed by atoms with Gasteiger partial charge >= 0.3 is 6.03 Å². The fourth-order valence-corrected chi connectivity index (χ4v) is 2.30. The Morgan fingerprint density at radius 3 is 2.92 bits per heavy atom. The van der Waals surface area contributed by atoms with Gasteiger partial charge in [-0.2, -0.15) is 0 Å². The predicted octanol–water partition coefficient (Wildman–Crippen LogP) is 1.36. The van der Waals surface area contributed by atoms with Crippen molar-refractivity contribution in [3.8, 4) is 0 Å². The monoisotopic (exact) mass is 333 g/mol. The predicted molar refractivity (Wildman–Crippen MR) is 92.5 cm³/mol. The maximum absolute atomic E-state index is 12.5. The van der Waals surface area contributed by atoms with Crippen LogP contribution >= 0.6 is 0 Å². The molecule has 1 aliphatic rings. The van der Waals surface area contributed by atoms with Crippen LogP contribution in [0.1, 0.15) is 23.3 Å². The van der Waals surface area contributed by atoms with Crippen LogP contribution in [-0.2, 0) is 11.3 Å². The Morgan fingerprint density at radius 1 is 1.42 bits per heavy atom. The number of ether oxygens (including phenoxy) is 1. The fourth-order valence-electron chi connectivity index (χ4n) is 2.30. The molecule has 0 bridgehead atoms. The van der Waals surface area contributed by atoms with E-state index in [1.807, 2.05) is 6.21 Å². The molecule has 0 fully saturated rings. The van der Waals surface area contributed by atoms with Gasteiger partial charge < -0.3 is 25.3 Å². The van der Waals surface area contributed by atoms with Gasteiger partial charge in [0.1, 0.15) is 5.69 Å². The zero-order valence-electron chi connectivity index (χ0n) is 14.0. The Hall–Kier alpha value is -2.61. The van der Waals surface area contributed by atoms with Gasteiger partial charge in [-0.1, -0.05) is 0 Å². The van der Waals surface area contributed by atoms with Crippen LogP contribution in [0.15, 0.2) is 29.0 Å².